The van der Waals surface area contributed by atoms with Gasteiger partial charge in [0.15, 0.2) is 0 Å². The number of fused-ring (bicyclic) bond motifs is 1. The molecule has 0 aliphatic rings. The third-order valence-corrected chi connectivity index (χ3v) is 7.08. The van der Waals surface area contributed by atoms with E-state index in [9.17, 15) is 14.4 Å². The van der Waals surface area contributed by atoms with Crippen molar-refractivity contribution in [1.29, 1.82) is 0 Å². The van der Waals surface area contributed by atoms with Gasteiger partial charge in [-0.1, -0.05) is 66.7 Å². The zero-order valence-corrected chi connectivity index (χ0v) is 22.7. The first kappa shape index (κ1) is 27.4. The first-order valence-electron chi connectivity index (χ1n) is 12.9. The van der Waals surface area contributed by atoms with E-state index in [0.717, 1.165) is 21.2 Å². The summed E-state index contributed by atoms with van der Waals surface area (Å²) >= 11 is 1.37. The maximum atomic E-state index is 13.4. The Balaban J connectivity index is 1.30. The molecule has 0 radical (unpaired) electrons. The summed E-state index contributed by atoms with van der Waals surface area (Å²) in [5.41, 5.74) is 1.91. The van der Waals surface area contributed by atoms with E-state index in [1.165, 1.54) is 11.8 Å². The minimum Gasteiger partial charge on any atom is -0.321 e. The van der Waals surface area contributed by atoms with Gasteiger partial charge < -0.3 is 16.0 Å². The average molecular weight is 559 g/mol. The molecule has 0 unspecified atom stereocenters. The fourth-order valence-electron chi connectivity index (χ4n) is 4.07. The summed E-state index contributed by atoms with van der Waals surface area (Å²) in [7, 11) is 0. The van der Waals surface area contributed by atoms with Crippen LogP contribution < -0.4 is 16.0 Å². The minimum atomic E-state index is -0.461. The Labute approximate surface area is 241 Å². The molecule has 0 fully saturated rings. The number of anilines is 2. The van der Waals surface area contributed by atoms with Crippen molar-refractivity contribution in [3.8, 4) is 0 Å². The molecule has 1 heterocycles. The lowest BCUT2D eigenvalue weighted by atomic mass is 10.0. The SMILES string of the molecule is O=C(CSc1ccc(NC(=O)/C(=C/c2cccc3ccccc23)NC(=O)c2ccccc2)cc1)Nc1ccccn1. The van der Waals surface area contributed by atoms with E-state index in [1.54, 1.807) is 66.9 Å². The third kappa shape index (κ3) is 7.46. The Kier molecular flexibility index (Phi) is 8.83. The fourth-order valence-corrected chi connectivity index (χ4v) is 4.77. The monoisotopic (exact) mass is 558 g/mol. The summed E-state index contributed by atoms with van der Waals surface area (Å²) in [6, 6.07) is 34.9. The van der Waals surface area contributed by atoms with Crippen molar-refractivity contribution in [2.45, 2.75) is 4.90 Å². The van der Waals surface area contributed by atoms with E-state index in [0.29, 0.717) is 17.1 Å². The van der Waals surface area contributed by atoms with Crippen molar-refractivity contribution < 1.29 is 14.4 Å². The largest absolute Gasteiger partial charge is 0.321 e. The van der Waals surface area contributed by atoms with Crippen LogP contribution >= 0.6 is 11.8 Å². The van der Waals surface area contributed by atoms with Gasteiger partial charge in [0.2, 0.25) is 5.91 Å². The lowest BCUT2D eigenvalue weighted by molar-refractivity contribution is -0.114. The zero-order valence-electron chi connectivity index (χ0n) is 21.9. The Morgan fingerprint density at radius 1 is 0.732 bits per heavy atom. The molecule has 0 aliphatic heterocycles. The van der Waals surface area contributed by atoms with E-state index < -0.39 is 5.91 Å². The first-order chi connectivity index (χ1) is 20.0. The van der Waals surface area contributed by atoms with Crippen molar-refractivity contribution >= 4 is 57.8 Å². The lowest BCUT2D eigenvalue weighted by Crippen LogP contribution is -2.30. The second-order valence-corrected chi connectivity index (χ2v) is 10.0. The molecule has 0 bridgehead atoms. The predicted molar refractivity (Wildman–Crippen MR) is 164 cm³/mol. The third-order valence-electron chi connectivity index (χ3n) is 6.07. The van der Waals surface area contributed by atoms with Gasteiger partial charge in [-0.3, -0.25) is 14.4 Å². The molecule has 8 heteroatoms. The highest BCUT2D eigenvalue weighted by Gasteiger charge is 2.16. The number of aromatic nitrogens is 1. The Morgan fingerprint density at radius 2 is 1.46 bits per heavy atom. The number of nitrogens with zero attached hydrogens (tertiary/aromatic N) is 1. The minimum absolute atomic E-state index is 0.111. The summed E-state index contributed by atoms with van der Waals surface area (Å²) < 4.78 is 0. The average Bonchev–Trinajstić information content (AvgIpc) is 3.01. The number of hydrogen-bond acceptors (Lipinski definition) is 5. The van der Waals surface area contributed by atoms with Gasteiger partial charge in [-0.05, 0) is 70.9 Å². The molecule has 5 rings (SSSR count). The number of carbonyl (C=O) groups excluding carboxylic acids is 3. The van der Waals surface area contributed by atoms with Crippen molar-refractivity contribution in [2.24, 2.45) is 0 Å². The second-order valence-electron chi connectivity index (χ2n) is 8.98. The molecule has 4 aromatic carbocycles. The van der Waals surface area contributed by atoms with Crippen LogP contribution in [-0.2, 0) is 9.59 Å². The van der Waals surface area contributed by atoms with Gasteiger partial charge in [-0.15, -0.1) is 11.8 Å². The number of rotatable bonds is 9. The van der Waals surface area contributed by atoms with E-state index in [-0.39, 0.29) is 23.3 Å². The molecular formula is C33H26N4O3S. The molecule has 0 saturated heterocycles. The summed E-state index contributed by atoms with van der Waals surface area (Å²) in [5.74, 6) is -0.294. The van der Waals surface area contributed by atoms with Crippen LogP contribution in [0.25, 0.3) is 16.8 Å². The van der Waals surface area contributed by atoms with Crippen molar-refractivity contribution in [3.63, 3.8) is 0 Å². The van der Waals surface area contributed by atoms with Crippen molar-refractivity contribution in [3.05, 3.63) is 138 Å². The Hall–Kier alpha value is -5.21. The van der Waals surface area contributed by atoms with Gasteiger partial charge in [-0.2, -0.15) is 0 Å². The molecule has 7 nitrogen and oxygen atoms in total. The molecular weight excluding hydrogens is 532 g/mol. The van der Waals surface area contributed by atoms with E-state index in [2.05, 4.69) is 20.9 Å². The van der Waals surface area contributed by atoms with Gasteiger partial charge in [0.1, 0.15) is 11.5 Å². The normalized spacial score (nSPS) is 11.1. The zero-order chi connectivity index (χ0) is 28.4. The standard InChI is InChI=1S/C33H26N4O3S/c38-31(37-30-15-6-7-20-34-30)22-41-27-18-16-26(17-19-27)35-33(40)29(36-32(39)24-10-2-1-3-11-24)21-25-13-8-12-23-9-4-5-14-28(23)25/h1-21H,22H2,(H,35,40)(H,36,39)(H,34,37,38)/b29-21-. The van der Waals surface area contributed by atoms with Crippen LogP contribution in [0.15, 0.2) is 132 Å². The van der Waals surface area contributed by atoms with Gasteiger partial charge in [0.25, 0.3) is 11.8 Å². The highest BCUT2D eigenvalue weighted by atomic mass is 32.2. The summed E-state index contributed by atoms with van der Waals surface area (Å²) in [5, 5.41) is 10.4. The number of carbonyl (C=O) groups is 3. The Morgan fingerprint density at radius 3 is 2.24 bits per heavy atom. The van der Waals surface area contributed by atoms with E-state index >= 15 is 0 Å². The molecule has 3 N–H and O–H groups in total. The number of nitrogens with one attached hydrogen (secondary N) is 3. The van der Waals surface area contributed by atoms with Gasteiger partial charge in [-0.25, -0.2) is 4.98 Å². The molecule has 0 saturated carbocycles. The fraction of sp³-hybridized carbons (Fsp3) is 0.0303. The van der Waals surface area contributed by atoms with Crippen LogP contribution in [0, 0.1) is 0 Å². The number of pyridine rings is 1. The summed E-state index contributed by atoms with van der Waals surface area (Å²) in [6.45, 7) is 0. The summed E-state index contributed by atoms with van der Waals surface area (Å²) in [6.07, 6.45) is 3.30. The maximum Gasteiger partial charge on any atom is 0.272 e. The number of thioether (sulfide) groups is 1. The molecule has 41 heavy (non-hydrogen) atoms. The highest BCUT2D eigenvalue weighted by molar-refractivity contribution is 8.00. The quantitative estimate of drug-likeness (QED) is 0.144. The van der Waals surface area contributed by atoms with Crippen LogP contribution in [0.3, 0.4) is 0 Å². The maximum absolute atomic E-state index is 13.4. The lowest BCUT2D eigenvalue weighted by Gasteiger charge is -2.12. The molecule has 0 aliphatic carbocycles. The number of hydrogen-bond donors (Lipinski definition) is 3. The first-order valence-corrected chi connectivity index (χ1v) is 13.8. The molecule has 0 atom stereocenters. The van der Waals surface area contributed by atoms with E-state index in [1.807, 2.05) is 60.7 Å². The molecule has 5 aromatic rings. The van der Waals surface area contributed by atoms with Crippen LogP contribution in [0.5, 0.6) is 0 Å². The van der Waals surface area contributed by atoms with Crippen molar-refractivity contribution in [1.82, 2.24) is 10.3 Å². The van der Waals surface area contributed by atoms with Crippen LogP contribution in [0.1, 0.15) is 15.9 Å². The van der Waals surface area contributed by atoms with Crippen LogP contribution in [-0.4, -0.2) is 28.5 Å². The van der Waals surface area contributed by atoms with Crippen LogP contribution in [0.4, 0.5) is 11.5 Å². The van der Waals surface area contributed by atoms with E-state index in [4.69, 9.17) is 0 Å². The highest BCUT2D eigenvalue weighted by Crippen LogP contribution is 2.23. The Bertz CT molecular complexity index is 1700. The summed E-state index contributed by atoms with van der Waals surface area (Å²) in [4.78, 5) is 43.6. The van der Waals surface area contributed by atoms with Gasteiger partial charge >= 0.3 is 0 Å². The number of amides is 3. The molecule has 0 spiro atoms. The molecule has 3 amide bonds. The predicted octanol–water partition coefficient (Wildman–Crippen LogP) is 6.38. The van der Waals surface area contributed by atoms with Crippen LogP contribution in [0.2, 0.25) is 0 Å². The second kappa shape index (κ2) is 13.2. The topological polar surface area (TPSA) is 100 Å². The van der Waals surface area contributed by atoms with Crippen molar-refractivity contribution in [2.75, 3.05) is 16.4 Å². The van der Waals surface area contributed by atoms with Gasteiger partial charge in [0.05, 0.1) is 5.75 Å². The number of benzene rings is 4. The van der Waals surface area contributed by atoms with Gasteiger partial charge in [0, 0.05) is 22.3 Å². The smallest absolute Gasteiger partial charge is 0.272 e. The molecule has 1 aromatic heterocycles. The molecule has 202 valence electrons.